The third kappa shape index (κ3) is 2.42. The molecule has 0 radical (unpaired) electrons. The van der Waals surface area contributed by atoms with Crippen LogP contribution in [0.15, 0.2) is 24.3 Å². The average Bonchev–Trinajstić information content (AvgIpc) is 2.38. The molecule has 0 aliphatic carbocycles. The third-order valence-corrected chi connectivity index (χ3v) is 4.41. The molecule has 2 aliphatic rings. The second kappa shape index (κ2) is 5.27. The number of carbonyl (C=O) groups excluding carboxylic acids is 2. The van der Waals surface area contributed by atoms with Crippen LogP contribution in [0.1, 0.15) is 37.7 Å². The fraction of sp³-hybridized carbons (Fsp3) is 0.500. The second-order valence-corrected chi connectivity index (χ2v) is 5.78. The highest BCUT2D eigenvalue weighted by Crippen LogP contribution is 2.31. The van der Waals surface area contributed by atoms with Gasteiger partial charge in [0.1, 0.15) is 0 Å². The Bertz CT molecular complexity index is 535. The van der Waals surface area contributed by atoms with Crippen LogP contribution in [-0.2, 0) is 9.59 Å². The van der Waals surface area contributed by atoms with E-state index in [9.17, 15) is 9.59 Å². The summed E-state index contributed by atoms with van der Waals surface area (Å²) in [4.78, 5) is 25.5. The number of nitrogens with zero attached hydrogens (tertiary/aromatic N) is 1. The van der Waals surface area contributed by atoms with Gasteiger partial charge in [-0.15, -0.1) is 0 Å². The minimum Gasteiger partial charge on any atom is -0.371 e. The van der Waals surface area contributed by atoms with Crippen molar-refractivity contribution in [2.45, 2.75) is 32.1 Å². The van der Waals surface area contributed by atoms with E-state index in [1.807, 2.05) is 12.1 Å². The lowest BCUT2D eigenvalue weighted by Gasteiger charge is -2.41. The van der Waals surface area contributed by atoms with Gasteiger partial charge in [0.15, 0.2) is 0 Å². The molecule has 0 spiro atoms. The Morgan fingerprint density at radius 1 is 1.30 bits per heavy atom. The predicted molar refractivity (Wildman–Crippen MR) is 77.6 cm³/mol. The molecule has 1 unspecified atom stereocenters. The van der Waals surface area contributed by atoms with E-state index in [0.717, 1.165) is 24.6 Å². The Morgan fingerprint density at radius 2 is 2.10 bits per heavy atom. The van der Waals surface area contributed by atoms with E-state index in [1.54, 1.807) is 0 Å². The molecule has 20 heavy (non-hydrogen) atoms. The minimum atomic E-state index is -0.184. The van der Waals surface area contributed by atoms with Crippen LogP contribution >= 0.6 is 0 Å². The molecule has 3 rings (SSSR count). The summed E-state index contributed by atoms with van der Waals surface area (Å²) in [7, 11) is 0. The number of carbonyl (C=O) groups is 2. The topological polar surface area (TPSA) is 49.4 Å². The molecule has 106 valence electrons. The maximum atomic E-state index is 11.9. The van der Waals surface area contributed by atoms with Crippen molar-refractivity contribution in [2.75, 3.05) is 18.0 Å². The predicted octanol–water partition coefficient (Wildman–Crippen LogP) is 2.05. The van der Waals surface area contributed by atoms with Gasteiger partial charge in [-0.3, -0.25) is 14.9 Å². The molecule has 4 heteroatoms. The smallest absolute Gasteiger partial charge is 0.234 e. The van der Waals surface area contributed by atoms with E-state index >= 15 is 0 Å². The summed E-state index contributed by atoms with van der Waals surface area (Å²) < 4.78 is 0. The molecule has 1 aromatic rings. The highest BCUT2D eigenvalue weighted by Gasteiger charge is 2.29. The van der Waals surface area contributed by atoms with Crippen LogP contribution < -0.4 is 10.2 Å². The summed E-state index contributed by atoms with van der Waals surface area (Å²) in [6.07, 6.45) is 2.28. The summed E-state index contributed by atoms with van der Waals surface area (Å²) in [6, 6.07) is 8.20. The van der Waals surface area contributed by atoms with Gasteiger partial charge in [-0.1, -0.05) is 19.1 Å². The molecule has 1 atom stereocenters. The van der Waals surface area contributed by atoms with Crippen LogP contribution in [0, 0.1) is 5.92 Å². The van der Waals surface area contributed by atoms with E-state index in [4.69, 9.17) is 0 Å². The molecular weight excluding hydrogens is 252 g/mol. The molecule has 0 saturated carbocycles. The summed E-state index contributed by atoms with van der Waals surface area (Å²) in [5.41, 5.74) is 2.21. The zero-order valence-electron chi connectivity index (χ0n) is 11.8. The quantitative estimate of drug-likeness (QED) is 0.857. The Balaban J connectivity index is 1.74. The Labute approximate surface area is 119 Å². The third-order valence-electron chi connectivity index (χ3n) is 4.41. The Kier molecular flexibility index (Phi) is 3.47. The number of benzene rings is 1. The summed E-state index contributed by atoms with van der Waals surface area (Å²) in [5.74, 6) is 0.300. The van der Waals surface area contributed by atoms with Crippen LogP contribution in [0.2, 0.25) is 0 Å². The van der Waals surface area contributed by atoms with Gasteiger partial charge in [-0.2, -0.15) is 0 Å². The molecule has 2 fully saturated rings. The van der Waals surface area contributed by atoms with E-state index < -0.39 is 0 Å². The first-order valence-corrected chi connectivity index (χ1v) is 7.36. The fourth-order valence-corrected chi connectivity index (χ4v) is 2.99. The van der Waals surface area contributed by atoms with Crippen molar-refractivity contribution in [1.82, 2.24) is 5.32 Å². The second-order valence-electron chi connectivity index (χ2n) is 5.78. The molecule has 1 N–H and O–H groups in total. The highest BCUT2D eigenvalue weighted by molar-refractivity contribution is 6.01. The lowest BCUT2D eigenvalue weighted by molar-refractivity contribution is -0.134. The number of rotatable bonds is 3. The molecule has 2 saturated heterocycles. The Morgan fingerprint density at radius 3 is 2.80 bits per heavy atom. The van der Waals surface area contributed by atoms with Crippen molar-refractivity contribution in [3.8, 4) is 0 Å². The van der Waals surface area contributed by atoms with E-state index in [0.29, 0.717) is 12.8 Å². The molecule has 0 bridgehead atoms. The standard InChI is InChI=1S/C16H20N2O2/c1-2-11-9-18(10-11)13-5-3-4-12(8-13)14-6-7-15(19)17-16(14)20/h3-5,8,11,14H,2,6-7,9-10H2,1H3,(H,17,19,20). The van der Waals surface area contributed by atoms with Gasteiger partial charge in [0.2, 0.25) is 11.8 Å². The summed E-state index contributed by atoms with van der Waals surface area (Å²) >= 11 is 0. The number of piperidine rings is 1. The minimum absolute atomic E-state index is 0.157. The van der Waals surface area contributed by atoms with Crippen LogP contribution in [-0.4, -0.2) is 24.9 Å². The van der Waals surface area contributed by atoms with E-state index in [1.165, 1.54) is 12.1 Å². The molecule has 0 aromatic heterocycles. The molecular formula is C16H20N2O2. The average molecular weight is 272 g/mol. The molecule has 2 amide bonds. The largest absolute Gasteiger partial charge is 0.371 e. The van der Waals surface area contributed by atoms with E-state index in [2.05, 4.69) is 29.3 Å². The van der Waals surface area contributed by atoms with Crippen molar-refractivity contribution in [3.63, 3.8) is 0 Å². The van der Waals surface area contributed by atoms with Gasteiger partial charge in [0.25, 0.3) is 0 Å². The SMILES string of the molecule is CCC1CN(c2cccc(C3CCC(=O)NC3=O)c2)C1. The number of nitrogens with one attached hydrogen (secondary N) is 1. The summed E-state index contributed by atoms with van der Waals surface area (Å²) in [5, 5.41) is 2.43. The summed E-state index contributed by atoms with van der Waals surface area (Å²) in [6.45, 7) is 4.44. The first-order chi connectivity index (χ1) is 9.67. The number of hydrogen-bond donors (Lipinski definition) is 1. The number of hydrogen-bond acceptors (Lipinski definition) is 3. The van der Waals surface area contributed by atoms with Gasteiger partial charge >= 0.3 is 0 Å². The van der Waals surface area contributed by atoms with Gasteiger partial charge in [0, 0.05) is 25.2 Å². The van der Waals surface area contributed by atoms with Gasteiger partial charge in [-0.25, -0.2) is 0 Å². The number of anilines is 1. The number of amides is 2. The van der Waals surface area contributed by atoms with Gasteiger partial charge in [-0.05, 0) is 36.5 Å². The van der Waals surface area contributed by atoms with Crippen LogP contribution in [0.25, 0.3) is 0 Å². The lowest BCUT2D eigenvalue weighted by Crippen LogP contribution is -2.46. The van der Waals surface area contributed by atoms with Crippen LogP contribution in [0.4, 0.5) is 5.69 Å². The zero-order chi connectivity index (χ0) is 14.1. The van der Waals surface area contributed by atoms with Crippen molar-refractivity contribution < 1.29 is 9.59 Å². The van der Waals surface area contributed by atoms with Crippen molar-refractivity contribution in [2.24, 2.45) is 5.92 Å². The Hall–Kier alpha value is -1.84. The molecule has 4 nitrogen and oxygen atoms in total. The van der Waals surface area contributed by atoms with E-state index in [-0.39, 0.29) is 17.7 Å². The molecule has 2 heterocycles. The molecule has 1 aromatic carbocycles. The number of imide groups is 1. The first-order valence-electron chi connectivity index (χ1n) is 7.36. The maximum absolute atomic E-state index is 11.9. The van der Waals surface area contributed by atoms with Crippen molar-refractivity contribution in [3.05, 3.63) is 29.8 Å². The lowest BCUT2D eigenvalue weighted by atomic mass is 9.89. The van der Waals surface area contributed by atoms with Gasteiger partial charge < -0.3 is 4.90 Å². The van der Waals surface area contributed by atoms with Crippen molar-refractivity contribution >= 4 is 17.5 Å². The normalized spacial score (nSPS) is 23.4. The molecule has 2 aliphatic heterocycles. The van der Waals surface area contributed by atoms with Crippen LogP contribution in [0.5, 0.6) is 0 Å². The first kappa shape index (κ1) is 13.2. The fourth-order valence-electron chi connectivity index (χ4n) is 2.99. The monoisotopic (exact) mass is 272 g/mol. The maximum Gasteiger partial charge on any atom is 0.234 e. The highest BCUT2D eigenvalue weighted by atomic mass is 16.2. The van der Waals surface area contributed by atoms with Crippen molar-refractivity contribution in [1.29, 1.82) is 0 Å². The van der Waals surface area contributed by atoms with Gasteiger partial charge in [0.05, 0.1) is 5.92 Å². The zero-order valence-corrected chi connectivity index (χ0v) is 11.8. The van der Waals surface area contributed by atoms with Crippen LogP contribution in [0.3, 0.4) is 0 Å².